The molecule has 5 heterocycles. The van der Waals surface area contributed by atoms with E-state index in [1.807, 2.05) is 197 Å². The molecule has 0 aliphatic carbocycles. The SMILES string of the molecule is CC(C)(C)OC(=O)N[C@H](CO)Cc1ccccc1.CCCCOc1c(C(=O)N(C)C[C@H](Cc2ccccc2)NC(=O)OC(C)(C)C)occc1=O.CCCCOc1c2n(ccc1=O)[C@@H](Cc1ccccc1)CN(C)C2=O.CN(C[C@H](Cc1ccccc1)NC(=O)OC(C)(C)C)S(=O)(=O)c1ccccc1[N+](=O)[O-].CN1C[C@H](Cc2ccccc2)n2ccc(=O)c(O)c2C1=O.CNC[C@H](Cc1ccccc1)NC(=O)OC(C)(C)C. The number of nitrogens with one attached hydrogen (secondary N) is 5. The van der Waals surface area contributed by atoms with Crippen LogP contribution in [0.1, 0.15) is 200 Å². The molecule has 147 heavy (non-hydrogen) atoms. The fourth-order valence-electron chi connectivity index (χ4n) is 15.4. The minimum absolute atomic E-state index is 0.00315. The lowest BCUT2D eigenvalue weighted by Gasteiger charge is -2.34. The summed E-state index contributed by atoms with van der Waals surface area (Å²) in [6.45, 7) is 28.1. The molecule has 7 aromatic carbocycles. The first-order valence-corrected chi connectivity index (χ1v) is 50.4. The molecule has 7 N–H and O–H groups in total. The number of nitro benzene ring substituents is 1. The molecule has 3 aromatic heterocycles. The summed E-state index contributed by atoms with van der Waals surface area (Å²) >= 11 is 0. The van der Waals surface area contributed by atoms with Gasteiger partial charge < -0.3 is 93.5 Å². The fraction of sp³-hybridized carbons (Fsp3) is 0.423. The lowest BCUT2D eigenvalue weighted by Crippen LogP contribution is -2.47. The van der Waals surface area contributed by atoms with Gasteiger partial charge in [-0.25, -0.2) is 27.6 Å². The highest BCUT2D eigenvalue weighted by Crippen LogP contribution is 2.32. The molecule has 6 atom stereocenters. The number of para-hydroxylation sites is 1. The molecule has 7 amide bonds. The van der Waals surface area contributed by atoms with Crippen LogP contribution in [0.2, 0.25) is 0 Å². The molecule has 0 fully saturated rings. The van der Waals surface area contributed by atoms with Crippen molar-refractivity contribution in [2.24, 2.45) is 0 Å². The van der Waals surface area contributed by atoms with E-state index in [4.69, 9.17) is 32.8 Å². The number of hydrogen-bond acceptors (Lipinski definition) is 24. The Morgan fingerprint density at radius 1 is 0.469 bits per heavy atom. The monoisotopic (exact) mass is 2050 g/mol. The molecule has 36 heteroatoms. The summed E-state index contributed by atoms with van der Waals surface area (Å²) in [4.78, 5) is 137. The number of aliphatic hydroxyl groups excluding tert-OH is 1. The van der Waals surface area contributed by atoms with Gasteiger partial charge in [0.25, 0.3) is 23.4 Å². The smallest absolute Gasteiger partial charge is 0.407 e. The Balaban J connectivity index is 0.000000242. The zero-order valence-corrected chi connectivity index (χ0v) is 88.6. The van der Waals surface area contributed by atoms with Crippen LogP contribution in [0.15, 0.2) is 267 Å². The Labute approximate surface area is 861 Å². The summed E-state index contributed by atoms with van der Waals surface area (Å²) in [5.41, 5.74) is 2.89. The fourth-order valence-corrected chi connectivity index (χ4v) is 16.8. The summed E-state index contributed by atoms with van der Waals surface area (Å²) in [6, 6.07) is 66.7. The Hall–Kier alpha value is -14.5. The summed E-state index contributed by atoms with van der Waals surface area (Å²) in [7, 11) is 4.06. The van der Waals surface area contributed by atoms with Crippen molar-refractivity contribution in [3.05, 3.63) is 334 Å². The molecular weight excluding hydrogens is 1900 g/mol. The minimum Gasteiger partial charge on any atom is -0.503 e. The molecule has 0 bridgehead atoms. The maximum atomic E-state index is 13.1. The zero-order valence-electron chi connectivity index (χ0n) is 87.8. The van der Waals surface area contributed by atoms with E-state index < -0.39 is 101 Å². The Morgan fingerprint density at radius 2 is 0.810 bits per heavy atom. The molecule has 0 radical (unpaired) electrons. The summed E-state index contributed by atoms with van der Waals surface area (Å²) in [6.07, 6.45) is 9.54. The van der Waals surface area contributed by atoms with Crippen molar-refractivity contribution in [3.63, 3.8) is 0 Å². The molecule has 2 aliphatic rings. The third-order valence-electron chi connectivity index (χ3n) is 22.1. The number of aromatic nitrogens is 2. The van der Waals surface area contributed by atoms with Crippen molar-refractivity contribution in [2.45, 2.75) is 225 Å². The topological polar surface area (TPSA) is 440 Å². The number of nitrogens with zero attached hydrogens (tertiary/aromatic N) is 7. The van der Waals surface area contributed by atoms with Gasteiger partial charge >= 0.3 is 24.4 Å². The van der Waals surface area contributed by atoms with Gasteiger partial charge in [-0.3, -0.25) is 38.9 Å². The molecule has 10 aromatic rings. The molecule has 0 saturated carbocycles. The second-order valence-corrected chi connectivity index (χ2v) is 41.5. The first kappa shape index (κ1) is 119. The van der Waals surface area contributed by atoms with Gasteiger partial charge in [-0.15, -0.1) is 0 Å². The molecule has 12 rings (SSSR count). The molecule has 0 spiro atoms. The van der Waals surface area contributed by atoms with Gasteiger partial charge in [-0.05, 0) is 181 Å². The number of carbonyl (C=O) groups excluding carboxylic acids is 7. The lowest BCUT2D eigenvalue weighted by atomic mass is 10.0. The maximum absolute atomic E-state index is 13.1. The van der Waals surface area contributed by atoms with E-state index in [-0.39, 0.29) is 90.2 Å². The van der Waals surface area contributed by atoms with Crippen LogP contribution < -0.4 is 52.3 Å². The van der Waals surface area contributed by atoms with Crippen LogP contribution in [-0.2, 0) is 67.5 Å². The Morgan fingerprint density at radius 3 is 1.20 bits per heavy atom. The average molecular weight is 2050 g/mol. The van der Waals surface area contributed by atoms with E-state index in [0.29, 0.717) is 57.8 Å². The molecule has 0 saturated heterocycles. The molecule has 794 valence electrons. The van der Waals surface area contributed by atoms with Crippen molar-refractivity contribution in [1.29, 1.82) is 0 Å². The zero-order chi connectivity index (χ0) is 108. The van der Waals surface area contributed by atoms with Crippen LogP contribution in [0, 0.1) is 10.1 Å². The van der Waals surface area contributed by atoms with Crippen LogP contribution in [-0.4, -0.2) is 228 Å². The van der Waals surface area contributed by atoms with Gasteiger partial charge in [0.05, 0.1) is 61.2 Å². The number of pyridine rings is 2. The molecule has 35 nitrogen and oxygen atoms in total. The van der Waals surface area contributed by atoms with E-state index in [9.17, 15) is 76.7 Å². The number of ether oxygens (including phenoxy) is 6. The van der Waals surface area contributed by atoms with Crippen molar-refractivity contribution in [3.8, 4) is 17.2 Å². The second kappa shape index (κ2) is 58.0. The van der Waals surface area contributed by atoms with Crippen molar-refractivity contribution in [2.75, 3.05) is 87.8 Å². The number of alkyl carbamates (subject to hydrolysis) is 4. The number of aliphatic hydroxyl groups is 1. The van der Waals surface area contributed by atoms with Crippen molar-refractivity contribution >= 4 is 57.8 Å². The average Bonchev–Trinajstić information content (AvgIpc) is 0.742. The largest absolute Gasteiger partial charge is 0.503 e. The van der Waals surface area contributed by atoms with E-state index in [0.717, 1.165) is 77.6 Å². The molecule has 2 aliphatic heterocycles. The van der Waals surface area contributed by atoms with Gasteiger partial charge in [-0.1, -0.05) is 221 Å². The molecular formula is C111H146N12O23S. The standard InChI is InChI=1S/C25H34N2O6.C21H27N3O6S.C20H24N2O3.C16H16N2O3.C15H24N2O2.C14H21NO3/c1-6-7-14-31-21-20(28)13-15-32-22(21)23(29)27(5)17-19(16-18-11-9-8-10-12-18)26-24(30)33-25(2,3)4;1-21(2,3)30-20(25)22-17(14-16-10-6-5-7-11-16)15-23(4)31(28,29)19-13-9-8-12-18(19)24(26)27;1-3-4-12-25-19-17(23)10-11-22-16(13-15-8-6-5-7-9-15)14-21(2)20(24)18(19)22;1-17-10-12(9-11-5-3-2-4-6-11)18-8-7-13(19)15(20)14(18)16(17)21;1-15(2,3)19-14(18)17-13(11-16-4)10-12-8-6-5-7-9-12;1-14(2,3)18-13(17)15-12(10-16)9-11-7-5-4-6-8-11/h8-13,15,19H,6-7,14,16-17H2,1-5H3,(H,26,30);5-13,17H,14-15H2,1-4H3,(H,22,25);5-11,16H,3-4,12-14H2,1-2H3;2-8,12,20H,9-10H2,1H3;5-9,13,16H,10-11H2,1-4H3,(H,17,18);4-8,12,16H,9-10H2,1-3H3,(H,15,17)/t19-;17-;16-;12-;13-;12-/m000000/s1. The minimum atomic E-state index is -4.17. The highest BCUT2D eigenvalue weighted by molar-refractivity contribution is 7.89. The predicted octanol–water partition coefficient (Wildman–Crippen LogP) is 16.2. The normalized spacial score (nSPS) is 14.0. The number of sulfonamides is 1. The van der Waals surface area contributed by atoms with Crippen molar-refractivity contribution < 1.29 is 90.0 Å². The van der Waals surface area contributed by atoms with Gasteiger partial charge in [0, 0.05) is 104 Å². The first-order valence-electron chi connectivity index (χ1n) is 49.0. The lowest BCUT2D eigenvalue weighted by molar-refractivity contribution is -0.387. The Bertz CT molecular complexity index is 6160. The van der Waals surface area contributed by atoms with E-state index in [2.05, 4.69) is 57.8 Å². The summed E-state index contributed by atoms with van der Waals surface area (Å²) in [5.74, 6) is -1.52. The van der Waals surface area contributed by atoms with Crippen molar-refractivity contribution in [1.82, 2.24) is 54.7 Å². The van der Waals surface area contributed by atoms with Crippen LogP contribution in [0.4, 0.5) is 24.9 Å². The third kappa shape index (κ3) is 41.2. The summed E-state index contributed by atoms with van der Waals surface area (Å²) < 4.78 is 68.5. The number of nitro groups is 1. The van der Waals surface area contributed by atoms with E-state index in [1.165, 1.54) is 65.7 Å². The van der Waals surface area contributed by atoms with E-state index >= 15 is 0 Å². The number of unbranched alkanes of at least 4 members (excludes halogenated alkanes) is 2. The maximum Gasteiger partial charge on any atom is 0.407 e. The van der Waals surface area contributed by atoms with Crippen LogP contribution in [0.5, 0.6) is 17.2 Å². The van der Waals surface area contributed by atoms with E-state index in [1.54, 1.807) is 110 Å². The third-order valence-corrected chi connectivity index (χ3v) is 24.0. The number of fused-ring (bicyclic) bond motifs is 2. The number of aromatic hydroxyl groups is 1. The summed E-state index contributed by atoms with van der Waals surface area (Å²) in [5, 5.41) is 44.7. The van der Waals surface area contributed by atoms with Crippen LogP contribution >= 0.6 is 0 Å². The number of carbonyl (C=O) groups is 7. The number of hydrogen-bond donors (Lipinski definition) is 7. The van der Waals surface area contributed by atoms with Gasteiger partial charge in [0.1, 0.15) is 22.4 Å². The van der Waals surface area contributed by atoms with Gasteiger partial charge in [0.2, 0.25) is 37.8 Å². The van der Waals surface area contributed by atoms with Crippen LogP contribution in [0.25, 0.3) is 0 Å². The first-order chi connectivity index (χ1) is 69.5. The second-order valence-electron chi connectivity index (χ2n) is 39.5. The van der Waals surface area contributed by atoms with Crippen LogP contribution in [0.3, 0.4) is 0 Å². The predicted molar refractivity (Wildman–Crippen MR) is 565 cm³/mol. The highest BCUT2D eigenvalue weighted by atomic mass is 32.2. The number of rotatable bonds is 35. The number of benzene rings is 7. The number of amides is 7. The van der Waals surface area contributed by atoms with Gasteiger partial charge in [0.15, 0.2) is 27.8 Å². The molecule has 0 unspecified atom stereocenters. The van der Waals surface area contributed by atoms with Gasteiger partial charge in [-0.2, -0.15) is 4.31 Å². The Kier molecular flexibility index (Phi) is 47.1. The highest BCUT2D eigenvalue weighted by Gasteiger charge is 2.37. The number of likely N-dealkylation sites (N-methyl/N-ethyl adjacent to an activating group) is 5. The quantitative estimate of drug-likeness (QED) is 0.00839.